The number of hydrogen-bond acceptors (Lipinski definition) is 3. The highest BCUT2D eigenvalue weighted by Crippen LogP contribution is 2.24. The van der Waals surface area contributed by atoms with Crippen LogP contribution in [0, 0.1) is 3.57 Å². The molecule has 5 heteroatoms. The molecular formula is C13H10INO2S. The van der Waals surface area contributed by atoms with Crippen molar-refractivity contribution in [3.63, 3.8) is 0 Å². The van der Waals surface area contributed by atoms with E-state index in [-0.39, 0.29) is 11.5 Å². The van der Waals surface area contributed by atoms with Crippen molar-refractivity contribution in [2.24, 2.45) is 0 Å². The zero-order chi connectivity index (χ0) is 13.1. The predicted molar refractivity (Wildman–Crippen MR) is 84.3 cm³/mol. The SMILES string of the molecule is Oc1ccc(C(=S)Nc2ccc(I)cc2)c(O)c1. The number of phenolic OH excluding ortho intramolecular Hbond substituents is 2. The highest BCUT2D eigenvalue weighted by atomic mass is 127. The summed E-state index contributed by atoms with van der Waals surface area (Å²) in [5.41, 5.74) is 1.34. The number of phenols is 2. The topological polar surface area (TPSA) is 52.5 Å². The smallest absolute Gasteiger partial charge is 0.129 e. The Balaban J connectivity index is 2.19. The van der Waals surface area contributed by atoms with E-state index < -0.39 is 0 Å². The molecule has 0 aliphatic carbocycles. The van der Waals surface area contributed by atoms with Crippen molar-refractivity contribution in [1.29, 1.82) is 0 Å². The van der Waals surface area contributed by atoms with Crippen LogP contribution in [0.15, 0.2) is 42.5 Å². The third-order valence-electron chi connectivity index (χ3n) is 2.33. The van der Waals surface area contributed by atoms with Crippen LogP contribution in [0.1, 0.15) is 5.56 Å². The van der Waals surface area contributed by atoms with Crippen molar-refractivity contribution in [3.05, 3.63) is 51.6 Å². The second kappa shape index (κ2) is 5.53. The molecule has 0 atom stereocenters. The summed E-state index contributed by atoms with van der Waals surface area (Å²) in [6.45, 7) is 0. The van der Waals surface area contributed by atoms with E-state index in [0.29, 0.717) is 10.6 Å². The van der Waals surface area contributed by atoms with Gasteiger partial charge in [0.15, 0.2) is 0 Å². The molecule has 3 nitrogen and oxygen atoms in total. The minimum Gasteiger partial charge on any atom is -0.508 e. The summed E-state index contributed by atoms with van der Waals surface area (Å²) in [6, 6.07) is 12.1. The van der Waals surface area contributed by atoms with Gasteiger partial charge in [-0.15, -0.1) is 0 Å². The van der Waals surface area contributed by atoms with Gasteiger partial charge in [-0.2, -0.15) is 0 Å². The van der Waals surface area contributed by atoms with Gasteiger partial charge in [0, 0.05) is 15.3 Å². The van der Waals surface area contributed by atoms with Crippen molar-refractivity contribution in [1.82, 2.24) is 0 Å². The van der Waals surface area contributed by atoms with E-state index in [4.69, 9.17) is 12.2 Å². The summed E-state index contributed by atoms with van der Waals surface area (Å²) in [6.07, 6.45) is 0. The first-order valence-electron chi connectivity index (χ1n) is 5.15. The number of nitrogens with one attached hydrogen (secondary N) is 1. The zero-order valence-corrected chi connectivity index (χ0v) is 12.2. The molecule has 2 rings (SSSR count). The van der Waals surface area contributed by atoms with Crippen LogP contribution in [0.25, 0.3) is 0 Å². The van der Waals surface area contributed by atoms with Crippen LogP contribution < -0.4 is 5.32 Å². The van der Waals surface area contributed by atoms with E-state index in [1.165, 1.54) is 12.1 Å². The molecule has 18 heavy (non-hydrogen) atoms. The maximum absolute atomic E-state index is 9.70. The highest BCUT2D eigenvalue weighted by molar-refractivity contribution is 14.1. The minimum absolute atomic E-state index is 0.00770. The summed E-state index contributed by atoms with van der Waals surface area (Å²) in [5.74, 6) is -0.0358. The fraction of sp³-hybridized carbons (Fsp3) is 0. The summed E-state index contributed by atoms with van der Waals surface area (Å²) < 4.78 is 1.14. The normalized spacial score (nSPS) is 10.1. The van der Waals surface area contributed by atoms with Crippen LogP contribution in [0.3, 0.4) is 0 Å². The molecular weight excluding hydrogens is 361 g/mol. The fourth-order valence-electron chi connectivity index (χ4n) is 1.44. The molecule has 0 unspecified atom stereocenters. The van der Waals surface area contributed by atoms with Gasteiger partial charge in [0.25, 0.3) is 0 Å². The van der Waals surface area contributed by atoms with Crippen LogP contribution in [0.2, 0.25) is 0 Å². The standard InChI is InChI=1S/C13H10INO2S/c14-8-1-3-9(4-2-8)15-13(18)11-6-5-10(16)7-12(11)17/h1-7,16-17H,(H,15,18). The number of anilines is 1. The van der Waals surface area contributed by atoms with Crippen molar-refractivity contribution in [3.8, 4) is 11.5 Å². The van der Waals surface area contributed by atoms with Crippen LogP contribution in [-0.4, -0.2) is 15.2 Å². The first-order chi connectivity index (χ1) is 8.56. The Labute approximate surface area is 124 Å². The summed E-state index contributed by atoms with van der Waals surface area (Å²) in [4.78, 5) is 0.411. The average molecular weight is 371 g/mol. The average Bonchev–Trinajstić information content (AvgIpc) is 2.32. The Kier molecular flexibility index (Phi) is 4.03. The van der Waals surface area contributed by atoms with Crippen LogP contribution in [-0.2, 0) is 0 Å². The van der Waals surface area contributed by atoms with Crippen molar-refractivity contribution < 1.29 is 10.2 Å². The second-order valence-electron chi connectivity index (χ2n) is 3.66. The lowest BCUT2D eigenvalue weighted by Gasteiger charge is -2.10. The Morgan fingerprint density at radius 1 is 1.06 bits per heavy atom. The molecule has 0 saturated carbocycles. The van der Waals surface area contributed by atoms with Crippen LogP contribution in [0.4, 0.5) is 5.69 Å². The second-order valence-corrected chi connectivity index (χ2v) is 5.32. The number of thiocarbonyl (C=S) groups is 1. The lowest BCUT2D eigenvalue weighted by molar-refractivity contribution is 0.450. The number of halogens is 1. The van der Waals surface area contributed by atoms with E-state index in [1.54, 1.807) is 6.07 Å². The molecule has 0 aliphatic rings. The first-order valence-corrected chi connectivity index (χ1v) is 6.64. The lowest BCUT2D eigenvalue weighted by atomic mass is 10.2. The predicted octanol–water partition coefficient (Wildman–Crippen LogP) is 3.49. The first kappa shape index (κ1) is 13.1. The van der Waals surface area contributed by atoms with Gasteiger partial charge >= 0.3 is 0 Å². The summed E-state index contributed by atoms with van der Waals surface area (Å²) in [5, 5.41) is 21.9. The molecule has 3 N–H and O–H groups in total. The number of aromatic hydroxyl groups is 2. The number of benzene rings is 2. The molecule has 92 valence electrons. The monoisotopic (exact) mass is 371 g/mol. The van der Waals surface area contributed by atoms with E-state index in [1.807, 2.05) is 24.3 Å². The summed E-state index contributed by atoms with van der Waals surface area (Å²) >= 11 is 7.43. The molecule has 0 aromatic heterocycles. The van der Waals surface area contributed by atoms with Gasteiger partial charge in [-0.05, 0) is 59.0 Å². The summed E-state index contributed by atoms with van der Waals surface area (Å²) in [7, 11) is 0. The molecule has 0 amide bonds. The van der Waals surface area contributed by atoms with Gasteiger partial charge in [-0.3, -0.25) is 0 Å². The van der Waals surface area contributed by atoms with Gasteiger partial charge in [-0.25, -0.2) is 0 Å². The van der Waals surface area contributed by atoms with Gasteiger partial charge in [0.2, 0.25) is 0 Å². The molecule has 2 aromatic carbocycles. The molecule has 0 radical (unpaired) electrons. The lowest BCUT2D eigenvalue weighted by Crippen LogP contribution is -2.10. The van der Waals surface area contributed by atoms with Gasteiger partial charge in [-0.1, -0.05) is 12.2 Å². The molecule has 0 saturated heterocycles. The molecule has 0 spiro atoms. The number of rotatable bonds is 2. The van der Waals surface area contributed by atoms with E-state index in [0.717, 1.165) is 9.26 Å². The number of hydrogen-bond donors (Lipinski definition) is 3. The Morgan fingerprint density at radius 3 is 2.33 bits per heavy atom. The highest BCUT2D eigenvalue weighted by Gasteiger charge is 2.08. The van der Waals surface area contributed by atoms with Crippen molar-refractivity contribution in [2.75, 3.05) is 5.32 Å². The Hall–Kier alpha value is -1.34. The van der Waals surface area contributed by atoms with Gasteiger partial charge in [0.05, 0.1) is 5.56 Å². The third kappa shape index (κ3) is 3.11. The fourth-order valence-corrected chi connectivity index (χ4v) is 2.09. The largest absolute Gasteiger partial charge is 0.508 e. The molecule has 2 aromatic rings. The zero-order valence-electron chi connectivity index (χ0n) is 9.22. The molecule has 0 heterocycles. The quantitative estimate of drug-likeness (QED) is 0.559. The maximum Gasteiger partial charge on any atom is 0.129 e. The van der Waals surface area contributed by atoms with Gasteiger partial charge in [0.1, 0.15) is 16.5 Å². The Bertz CT molecular complexity index is 584. The molecule has 0 fully saturated rings. The van der Waals surface area contributed by atoms with Gasteiger partial charge < -0.3 is 15.5 Å². The van der Waals surface area contributed by atoms with Crippen LogP contribution in [0.5, 0.6) is 11.5 Å². The van der Waals surface area contributed by atoms with E-state index in [9.17, 15) is 10.2 Å². The van der Waals surface area contributed by atoms with E-state index in [2.05, 4.69) is 27.9 Å². The Morgan fingerprint density at radius 2 is 1.72 bits per heavy atom. The van der Waals surface area contributed by atoms with Crippen molar-refractivity contribution >= 4 is 45.5 Å². The molecule has 0 bridgehead atoms. The maximum atomic E-state index is 9.70. The van der Waals surface area contributed by atoms with E-state index >= 15 is 0 Å². The van der Waals surface area contributed by atoms with Crippen LogP contribution >= 0.6 is 34.8 Å². The van der Waals surface area contributed by atoms with Crippen molar-refractivity contribution in [2.45, 2.75) is 0 Å². The molecule has 0 aliphatic heterocycles. The third-order valence-corrected chi connectivity index (χ3v) is 3.37. The minimum atomic E-state index is -0.0435.